The molecule has 0 aliphatic heterocycles. The number of rotatable bonds is 4. The molecule has 0 heterocycles. The lowest BCUT2D eigenvalue weighted by atomic mass is 10.2. The fraction of sp³-hybridized carbons (Fsp3) is 0.0714. The maximum atomic E-state index is 11.9. The van der Waals surface area contributed by atoms with Crippen molar-refractivity contribution < 1.29 is 4.79 Å². The molecule has 4 nitrogen and oxygen atoms in total. The molecule has 98 valence electrons. The van der Waals surface area contributed by atoms with Crippen LogP contribution in [0, 0.1) is 0 Å². The number of carbonyl (C=O) groups is 1. The van der Waals surface area contributed by atoms with E-state index in [1.165, 1.54) is 0 Å². The summed E-state index contributed by atoms with van der Waals surface area (Å²) in [5, 5.41) is 3.52. The van der Waals surface area contributed by atoms with E-state index < -0.39 is 0 Å². The minimum absolute atomic E-state index is 0.126. The van der Waals surface area contributed by atoms with Gasteiger partial charge in [-0.1, -0.05) is 23.7 Å². The molecule has 0 atom stereocenters. The van der Waals surface area contributed by atoms with E-state index in [1.54, 1.807) is 36.4 Å². The van der Waals surface area contributed by atoms with Crippen molar-refractivity contribution in [3.05, 3.63) is 64.7 Å². The van der Waals surface area contributed by atoms with E-state index in [4.69, 9.17) is 17.4 Å². The Labute approximate surface area is 116 Å². The second kappa shape index (κ2) is 6.22. The highest BCUT2D eigenvalue weighted by Crippen LogP contribution is 2.10. The fourth-order valence-corrected chi connectivity index (χ4v) is 1.73. The third-order valence-corrected chi connectivity index (χ3v) is 2.93. The van der Waals surface area contributed by atoms with Gasteiger partial charge in [-0.15, -0.1) is 0 Å². The lowest BCUT2D eigenvalue weighted by Gasteiger charge is -2.06. The van der Waals surface area contributed by atoms with Crippen molar-refractivity contribution in [2.45, 2.75) is 6.54 Å². The largest absolute Gasteiger partial charge is 0.348 e. The Hall–Kier alpha value is -2.04. The van der Waals surface area contributed by atoms with Gasteiger partial charge in [0.25, 0.3) is 5.91 Å². The minimum Gasteiger partial charge on any atom is -0.348 e. The number of carbonyl (C=O) groups excluding carboxylic acids is 1. The van der Waals surface area contributed by atoms with Crippen LogP contribution in [0.3, 0.4) is 0 Å². The molecule has 2 aromatic rings. The number of benzene rings is 2. The molecule has 0 unspecified atom stereocenters. The minimum atomic E-state index is -0.126. The third-order valence-electron chi connectivity index (χ3n) is 2.68. The van der Waals surface area contributed by atoms with Gasteiger partial charge in [-0.05, 0) is 42.0 Å². The predicted octanol–water partition coefficient (Wildman–Crippen LogP) is 2.56. The Morgan fingerprint density at radius 2 is 1.68 bits per heavy atom. The number of hydrogen-bond acceptors (Lipinski definition) is 3. The van der Waals surface area contributed by atoms with Gasteiger partial charge in [0.2, 0.25) is 0 Å². The van der Waals surface area contributed by atoms with Crippen LogP contribution in [0.1, 0.15) is 15.9 Å². The molecule has 0 saturated carbocycles. The zero-order chi connectivity index (χ0) is 13.7. The molecule has 2 aromatic carbocycles. The second-order valence-corrected chi connectivity index (χ2v) is 4.47. The first-order valence-electron chi connectivity index (χ1n) is 5.78. The van der Waals surface area contributed by atoms with Crippen LogP contribution in [0.25, 0.3) is 0 Å². The summed E-state index contributed by atoms with van der Waals surface area (Å²) in [5.41, 5.74) is 4.86. The Kier molecular flexibility index (Phi) is 4.39. The van der Waals surface area contributed by atoms with Crippen molar-refractivity contribution in [1.82, 2.24) is 5.32 Å². The monoisotopic (exact) mass is 275 g/mol. The van der Waals surface area contributed by atoms with E-state index in [2.05, 4.69) is 10.7 Å². The number of hydrogen-bond donors (Lipinski definition) is 3. The van der Waals surface area contributed by atoms with Gasteiger partial charge in [0, 0.05) is 22.8 Å². The first-order chi connectivity index (χ1) is 9.19. The molecule has 0 aliphatic carbocycles. The molecule has 19 heavy (non-hydrogen) atoms. The molecule has 0 saturated heterocycles. The summed E-state index contributed by atoms with van der Waals surface area (Å²) in [6.07, 6.45) is 0. The quantitative estimate of drug-likeness (QED) is 0.593. The van der Waals surface area contributed by atoms with Gasteiger partial charge in [0.15, 0.2) is 0 Å². The summed E-state index contributed by atoms with van der Waals surface area (Å²) in [6.45, 7) is 0.465. The molecule has 0 radical (unpaired) electrons. The number of nitrogen functional groups attached to an aromatic ring is 1. The van der Waals surface area contributed by atoms with E-state index in [0.29, 0.717) is 17.1 Å². The molecule has 0 fully saturated rings. The summed E-state index contributed by atoms with van der Waals surface area (Å²) >= 11 is 5.80. The highest BCUT2D eigenvalue weighted by Gasteiger charge is 2.04. The van der Waals surface area contributed by atoms with Crippen molar-refractivity contribution in [3.63, 3.8) is 0 Å². The van der Waals surface area contributed by atoms with Crippen LogP contribution in [0.4, 0.5) is 5.69 Å². The normalized spacial score (nSPS) is 10.0. The van der Waals surface area contributed by atoms with Gasteiger partial charge in [0.1, 0.15) is 0 Å². The topological polar surface area (TPSA) is 67.1 Å². The van der Waals surface area contributed by atoms with Crippen LogP contribution in [0.15, 0.2) is 48.5 Å². The Bertz CT molecular complexity index is 552. The average Bonchev–Trinajstić information content (AvgIpc) is 2.46. The van der Waals surface area contributed by atoms with E-state index >= 15 is 0 Å². The number of nitrogens with one attached hydrogen (secondary N) is 2. The van der Waals surface area contributed by atoms with Gasteiger partial charge in [-0.25, -0.2) is 0 Å². The maximum Gasteiger partial charge on any atom is 0.251 e. The molecule has 5 heteroatoms. The highest BCUT2D eigenvalue weighted by atomic mass is 35.5. The molecule has 2 rings (SSSR count). The summed E-state index contributed by atoms with van der Waals surface area (Å²) < 4.78 is 0. The van der Waals surface area contributed by atoms with Crippen molar-refractivity contribution >= 4 is 23.2 Å². The predicted molar refractivity (Wildman–Crippen MR) is 76.9 cm³/mol. The first kappa shape index (κ1) is 13.4. The molecule has 0 aliphatic rings. The van der Waals surface area contributed by atoms with Gasteiger partial charge in [-0.3, -0.25) is 10.6 Å². The first-order valence-corrected chi connectivity index (χ1v) is 6.16. The Balaban J connectivity index is 1.95. The summed E-state index contributed by atoms with van der Waals surface area (Å²) in [4.78, 5) is 11.9. The number of halogens is 1. The van der Waals surface area contributed by atoms with Gasteiger partial charge >= 0.3 is 0 Å². The van der Waals surface area contributed by atoms with Crippen molar-refractivity contribution in [2.24, 2.45) is 5.84 Å². The lowest BCUT2D eigenvalue weighted by molar-refractivity contribution is 0.0951. The maximum absolute atomic E-state index is 11.9. The fourth-order valence-electron chi connectivity index (χ4n) is 1.60. The second-order valence-electron chi connectivity index (χ2n) is 4.03. The lowest BCUT2D eigenvalue weighted by Crippen LogP contribution is -2.22. The van der Waals surface area contributed by atoms with E-state index in [1.807, 2.05) is 12.1 Å². The average molecular weight is 276 g/mol. The molecule has 1 amide bonds. The standard InChI is InChI=1S/C14H14ClN3O/c15-12-5-1-10(2-6-12)9-17-14(19)11-3-7-13(18-16)8-4-11/h1-8,18H,9,16H2,(H,17,19). The molecule has 0 bridgehead atoms. The van der Waals surface area contributed by atoms with Crippen LogP contribution in [0.2, 0.25) is 5.02 Å². The zero-order valence-electron chi connectivity index (χ0n) is 10.2. The smallest absolute Gasteiger partial charge is 0.251 e. The van der Waals surface area contributed by atoms with E-state index in [9.17, 15) is 4.79 Å². The number of amides is 1. The number of hydrazine groups is 1. The van der Waals surface area contributed by atoms with Gasteiger partial charge in [0.05, 0.1) is 0 Å². The molecular formula is C14H14ClN3O. The third kappa shape index (κ3) is 3.71. The molecule has 0 spiro atoms. The number of nitrogens with two attached hydrogens (primary N) is 1. The molecular weight excluding hydrogens is 262 g/mol. The molecule has 0 aromatic heterocycles. The van der Waals surface area contributed by atoms with Crippen molar-refractivity contribution in [1.29, 1.82) is 0 Å². The summed E-state index contributed by atoms with van der Waals surface area (Å²) in [7, 11) is 0. The zero-order valence-corrected chi connectivity index (χ0v) is 10.9. The van der Waals surface area contributed by atoms with Crippen LogP contribution in [-0.4, -0.2) is 5.91 Å². The molecule has 4 N–H and O–H groups in total. The van der Waals surface area contributed by atoms with Gasteiger partial charge in [-0.2, -0.15) is 0 Å². The van der Waals surface area contributed by atoms with Crippen LogP contribution in [-0.2, 0) is 6.54 Å². The van der Waals surface area contributed by atoms with Crippen molar-refractivity contribution in [3.8, 4) is 0 Å². The summed E-state index contributed by atoms with van der Waals surface area (Å²) in [6, 6.07) is 14.3. The van der Waals surface area contributed by atoms with Crippen LogP contribution >= 0.6 is 11.6 Å². The van der Waals surface area contributed by atoms with Crippen LogP contribution in [0.5, 0.6) is 0 Å². The SMILES string of the molecule is NNc1ccc(C(=O)NCc2ccc(Cl)cc2)cc1. The van der Waals surface area contributed by atoms with E-state index in [0.717, 1.165) is 11.3 Å². The Morgan fingerprint density at radius 1 is 1.05 bits per heavy atom. The summed E-state index contributed by atoms with van der Waals surface area (Å²) in [5.74, 6) is 5.14. The Morgan fingerprint density at radius 3 is 2.26 bits per heavy atom. The van der Waals surface area contributed by atoms with Gasteiger partial charge < -0.3 is 10.7 Å². The number of anilines is 1. The van der Waals surface area contributed by atoms with Crippen LogP contribution < -0.4 is 16.6 Å². The van der Waals surface area contributed by atoms with Crippen molar-refractivity contribution in [2.75, 3.05) is 5.43 Å². The van der Waals surface area contributed by atoms with E-state index in [-0.39, 0.29) is 5.91 Å². The highest BCUT2D eigenvalue weighted by molar-refractivity contribution is 6.30.